The number of amides is 2. The smallest absolute Gasteiger partial charge is 0.348 e. The van der Waals surface area contributed by atoms with Crippen LogP contribution in [0.1, 0.15) is 65.8 Å². The van der Waals surface area contributed by atoms with Crippen LogP contribution >= 0.6 is 0 Å². The zero-order valence-corrected chi connectivity index (χ0v) is 22.0. The second kappa shape index (κ2) is 13.7. The van der Waals surface area contributed by atoms with Crippen LogP contribution in [-0.2, 0) is 14.3 Å². The minimum absolute atomic E-state index is 0.0131. The van der Waals surface area contributed by atoms with Crippen LogP contribution in [0.2, 0.25) is 0 Å². The van der Waals surface area contributed by atoms with Crippen LogP contribution in [0.5, 0.6) is 11.5 Å². The van der Waals surface area contributed by atoms with E-state index in [0.29, 0.717) is 24.8 Å². The molecule has 0 radical (unpaired) electrons. The lowest BCUT2D eigenvalue weighted by atomic mass is 10.1. The Hall–Kier alpha value is -5.05. The molecule has 0 atom stereocenters. The highest BCUT2D eigenvalue weighted by Gasteiger charge is 2.40. The topological polar surface area (TPSA) is 166 Å². The zero-order chi connectivity index (χ0) is 29.2. The Morgan fingerprint density at radius 3 is 2.50 bits per heavy atom. The molecular formula is C28H27N3O9. The summed E-state index contributed by atoms with van der Waals surface area (Å²) in [5.41, 5.74) is -0.294. The predicted molar refractivity (Wildman–Crippen MR) is 140 cm³/mol. The quantitative estimate of drug-likeness (QED) is 0.0516. The summed E-state index contributed by atoms with van der Waals surface area (Å²) in [6.45, 7) is 3.86. The molecule has 1 aliphatic heterocycles. The Kier molecular flexibility index (Phi) is 10.1. The Bertz CT molecular complexity index is 1410. The first kappa shape index (κ1) is 29.5. The average molecular weight is 550 g/mol. The number of nitrogens with zero attached hydrogens (tertiary/aromatic N) is 3. The zero-order valence-electron chi connectivity index (χ0n) is 22.0. The molecule has 0 bridgehead atoms. The molecule has 208 valence electrons. The van der Waals surface area contributed by atoms with Gasteiger partial charge in [0.05, 0.1) is 23.7 Å². The summed E-state index contributed by atoms with van der Waals surface area (Å²) >= 11 is 0. The molecular weight excluding hydrogens is 522 g/mol. The van der Waals surface area contributed by atoms with Crippen LogP contribution in [-0.4, -0.2) is 53.3 Å². The molecule has 0 unspecified atom stereocenters. The first-order chi connectivity index (χ1) is 19.2. The van der Waals surface area contributed by atoms with Crippen molar-refractivity contribution in [2.75, 3.05) is 19.8 Å². The number of nitriles is 1. The molecule has 0 saturated heterocycles. The van der Waals surface area contributed by atoms with Gasteiger partial charge >= 0.3 is 11.9 Å². The molecule has 0 spiro atoms. The van der Waals surface area contributed by atoms with Gasteiger partial charge in [-0.3, -0.25) is 29.4 Å². The summed E-state index contributed by atoms with van der Waals surface area (Å²) in [5.74, 6) is -2.11. The lowest BCUT2D eigenvalue weighted by Crippen LogP contribution is -2.30. The van der Waals surface area contributed by atoms with Gasteiger partial charge in [0.25, 0.3) is 17.5 Å². The summed E-state index contributed by atoms with van der Waals surface area (Å²) in [5, 5.41) is 20.5. The number of imide groups is 1. The third-order valence-electron chi connectivity index (χ3n) is 5.85. The fraction of sp³-hybridized carbons (Fsp3) is 0.321. The van der Waals surface area contributed by atoms with Gasteiger partial charge in [-0.15, -0.1) is 0 Å². The van der Waals surface area contributed by atoms with Crippen molar-refractivity contribution >= 4 is 35.5 Å². The van der Waals surface area contributed by atoms with Crippen LogP contribution in [0.15, 0.2) is 42.0 Å². The SMILES string of the molecule is CCOC(=O)/C(C#N)=C/c1ccc(OC(=O)CCCCCN2C(=O)c3cccc([N+](=O)[O-])c3C2=O)c(OCC)c1. The number of esters is 2. The van der Waals surface area contributed by atoms with E-state index in [4.69, 9.17) is 14.2 Å². The number of nitro benzene ring substituents is 1. The van der Waals surface area contributed by atoms with E-state index in [0.717, 1.165) is 4.90 Å². The van der Waals surface area contributed by atoms with E-state index < -0.39 is 34.4 Å². The van der Waals surface area contributed by atoms with Crippen LogP contribution in [0, 0.1) is 21.4 Å². The highest BCUT2D eigenvalue weighted by molar-refractivity contribution is 6.23. The van der Waals surface area contributed by atoms with Crippen LogP contribution in [0.4, 0.5) is 5.69 Å². The predicted octanol–water partition coefficient (Wildman–Crippen LogP) is 4.23. The van der Waals surface area contributed by atoms with Gasteiger partial charge in [0.2, 0.25) is 0 Å². The van der Waals surface area contributed by atoms with Gasteiger partial charge < -0.3 is 14.2 Å². The normalized spacial score (nSPS) is 12.5. The molecule has 3 rings (SSSR count). The van der Waals surface area contributed by atoms with Crippen molar-refractivity contribution in [2.24, 2.45) is 0 Å². The van der Waals surface area contributed by atoms with Crippen molar-refractivity contribution in [3.05, 3.63) is 68.8 Å². The van der Waals surface area contributed by atoms with Crippen molar-refractivity contribution in [2.45, 2.75) is 39.5 Å². The van der Waals surface area contributed by atoms with Gasteiger partial charge in [-0.1, -0.05) is 18.6 Å². The van der Waals surface area contributed by atoms with E-state index >= 15 is 0 Å². The van der Waals surface area contributed by atoms with Crippen molar-refractivity contribution in [3.63, 3.8) is 0 Å². The molecule has 0 aromatic heterocycles. The number of hydrogen-bond donors (Lipinski definition) is 0. The summed E-state index contributed by atoms with van der Waals surface area (Å²) in [7, 11) is 0. The molecule has 0 N–H and O–H groups in total. The lowest BCUT2D eigenvalue weighted by molar-refractivity contribution is -0.385. The van der Waals surface area contributed by atoms with Gasteiger partial charge in [-0.2, -0.15) is 5.26 Å². The molecule has 40 heavy (non-hydrogen) atoms. The standard InChI is InChI=1S/C28H27N3O9/c1-3-38-23-16-18(15-19(17-29)28(35)39-4-2)12-13-22(23)40-24(32)11-6-5-7-14-30-26(33)20-9-8-10-21(31(36)37)25(20)27(30)34/h8-10,12-13,15-16H,3-7,11,14H2,1-2H3/b19-15+. The Morgan fingerprint density at radius 2 is 1.82 bits per heavy atom. The van der Waals surface area contributed by atoms with Crippen LogP contribution in [0.3, 0.4) is 0 Å². The van der Waals surface area contributed by atoms with Gasteiger partial charge in [0, 0.05) is 19.0 Å². The third kappa shape index (κ3) is 6.87. The molecule has 2 amide bonds. The third-order valence-corrected chi connectivity index (χ3v) is 5.85. The summed E-state index contributed by atoms with van der Waals surface area (Å²) in [4.78, 5) is 61.0. The van der Waals surface area contributed by atoms with Crippen molar-refractivity contribution in [1.82, 2.24) is 4.90 Å². The molecule has 2 aromatic rings. The van der Waals surface area contributed by atoms with Gasteiger partial charge in [0.1, 0.15) is 17.2 Å². The number of unbranched alkanes of at least 4 members (excludes halogenated alkanes) is 2. The number of rotatable bonds is 13. The molecule has 0 aliphatic carbocycles. The Morgan fingerprint density at radius 1 is 1.05 bits per heavy atom. The summed E-state index contributed by atoms with van der Waals surface area (Å²) in [6, 6.07) is 10.3. The number of carbonyl (C=O) groups is 4. The maximum absolute atomic E-state index is 12.6. The van der Waals surface area contributed by atoms with Crippen LogP contribution in [0.25, 0.3) is 6.08 Å². The van der Waals surface area contributed by atoms with Crippen molar-refractivity contribution < 1.29 is 38.3 Å². The fourth-order valence-electron chi connectivity index (χ4n) is 4.04. The molecule has 12 heteroatoms. The second-order valence-electron chi connectivity index (χ2n) is 8.53. The minimum Gasteiger partial charge on any atom is -0.490 e. The van der Waals surface area contributed by atoms with Gasteiger partial charge in [-0.05, 0) is 56.5 Å². The number of carbonyl (C=O) groups excluding carboxylic acids is 4. The number of hydrogen-bond acceptors (Lipinski definition) is 10. The molecule has 1 heterocycles. The number of nitro groups is 1. The van der Waals surface area contributed by atoms with E-state index in [1.165, 1.54) is 36.4 Å². The highest BCUT2D eigenvalue weighted by atomic mass is 16.6. The molecule has 1 aliphatic rings. The monoisotopic (exact) mass is 549 g/mol. The number of fused-ring (bicyclic) bond motifs is 1. The van der Waals surface area contributed by atoms with E-state index in [9.17, 15) is 34.6 Å². The minimum atomic E-state index is -0.747. The summed E-state index contributed by atoms with van der Waals surface area (Å²) in [6.07, 6.45) is 2.72. The Labute approximate surface area is 229 Å². The first-order valence-corrected chi connectivity index (χ1v) is 12.6. The molecule has 0 fully saturated rings. The van der Waals surface area contributed by atoms with Gasteiger partial charge in [0.15, 0.2) is 11.5 Å². The van der Waals surface area contributed by atoms with E-state index in [1.54, 1.807) is 26.0 Å². The largest absolute Gasteiger partial charge is 0.490 e. The van der Waals surface area contributed by atoms with Crippen molar-refractivity contribution in [1.29, 1.82) is 5.26 Å². The Balaban J connectivity index is 1.53. The van der Waals surface area contributed by atoms with E-state index in [1.807, 2.05) is 0 Å². The van der Waals surface area contributed by atoms with Crippen molar-refractivity contribution in [3.8, 4) is 17.6 Å². The van der Waals surface area contributed by atoms with Gasteiger partial charge in [-0.25, -0.2) is 4.79 Å². The molecule has 12 nitrogen and oxygen atoms in total. The van der Waals surface area contributed by atoms with Crippen LogP contribution < -0.4 is 9.47 Å². The number of benzene rings is 2. The average Bonchev–Trinajstić information content (AvgIpc) is 3.17. The fourth-order valence-corrected chi connectivity index (χ4v) is 4.04. The maximum atomic E-state index is 12.6. The highest BCUT2D eigenvalue weighted by Crippen LogP contribution is 2.32. The maximum Gasteiger partial charge on any atom is 0.348 e. The van der Waals surface area contributed by atoms with E-state index in [2.05, 4.69) is 0 Å². The summed E-state index contributed by atoms with van der Waals surface area (Å²) < 4.78 is 15.8. The first-order valence-electron chi connectivity index (χ1n) is 12.6. The lowest BCUT2D eigenvalue weighted by Gasteiger charge is -2.13. The number of ether oxygens (including phenoxy) is 3. The van der Waals surface area contributed by atoms with E-state index in [-0.39, 0.29) is 54.4 Å². The molecule has 0 saturated carbocycles. The molecule has 2 aromatic carbocycles. The second-order valence-corrected chi connectivity index (χ2v) is 8.53.